The molecule has 0 spiro atoms. The van der Waals surface area contributed by atoms with Gasteiger partial charge in [0.05, 0.1) is 5.52 Å². The molecule has 0 aliphatic carbocycles. The normalized spacial score (nSPS) is 11.3. The molecule has 0 aliphatic rings. The van der Waals surface area contributed by atoms with Gasteiger partial charge >= 0.3 is 0 Å². The molecule has 5 aromatic rings. The van der Waals surface area contributed by atoms with Gasteiger partial charge in [0, 0.05) is 26.7 Å². The Morgan fingerprint density at radius 3 is 2.81 bits per heavy atom. The number of aromatic amines is 1. The number of nitrogens with one attached hydrogen (secondary N) is 2. The summed E-state index contributed by atoms with van der Waals surface area (Å²) in [6.07, 6.45) is 1.48. The van der Waals surface area contributed by atoms with E-state index in [-0.39, 0.29) is 5.82 Å². The first-order chi connectivity index (χ1) is 12.8. The fourth-order valence-corrected chi connectivity index (χ4v) is 3.97. The van der Waals surface area contributed by atoms with Crippen LogP contribution in [0.4, 0.5) is 15.9 Å². The third-order valence-corrected chi connectivity index (χ3v) is 5.13. The average molecular weight is 361 g/mol. The molecule has 7 heteroatoms. The van der Waals surface area contributed by atoms with Gasteiger partial charge in [0.1, 0.15) is 18.0 Å². The van der Waals surface area contributed by atoms with Crippen molar-refractivity contribution in [1.29, 1.82) is 0 Å². The van der Waals surface area contributed by atoms with Gasteiger partial charge in [-0.2, -0.15) is 5.10 Å². The Bertz CT molecular complexity index is 1230. The number of para-hydroxylation sites is 1. The van der Waals surface area contributed by atoms with Crippen LogP contribution in [0.1, 0.15) is 0 Å². The molecule has 0 saturated heterocycles. The van der Waals surface area contributed by atoms with E-state index in [1.54, 1.807) is 17.4 Å². The van der Waals surface area contributed by atoms with Crippen molar-refractivity contribution in [2.75, 3.05) is 5.32 Å². The van der Waals surface area contributed by atoms with Crippen LogP contribution < -0.4 is 5.32 Å². The lowest BCUT2D eigenvalue weighted by molar-refractivity contribution is 0.628. The summed E-state index contributed by atoms with van der Waals surface area (Å²) in [7, 11) is 0. The molecule has 5 rings (SSSR count). The summed E-state index contributed by atoms with van der Waals surface area (Å²) in [5.41, 5.74) is 2.34. The first-order valence-corrected chi connectivity index (χ1v) is 8.86. The van der Waals surface area contributed by atoms with Crippen LogP contribution in [-0.2, 0) is 0 Å². The lowest BCUT2D eigenvalue weighted by Gasteiger charge is -2.11. The van der Waals surface area contributed by atoms with Crippen LogP contribution in [0, 0.1) is 5.82 Å². The zero-order chi connectivity index (χ0) is 17.5. The van der Waals surface area contributed by atoms with E-state index in [1.165, 1.54) is 18.5 Å². The third kappa shape index (κ3) is 2.41. The summed E-state index contributed by atoms with van der Waals surface area (Å²) in [5, 5.41) is 14.2. The summed E-state index contributed by atoms with van der Waals surface area (Å²) in [6, 6.07) is 14.4. The molecule has 0 fully saturated rings. The van der Waals surface area contributed by atoms with E-state index >= 15 is 0 Å². The van der Waals surface area contributed by atoms with Crippen molar-refractivity contribution >= 4 is 43.8 Å². The number of rotatable bonds is 3. The minimum atomic E-state index is -0.292. The largest absolute Gasteiger partial charge is 0.340 e. The SMILES string of the molecule is Fc1cccc(Nc2nc3c(-c4ncn[nH]4)cccc3c3sccc23)c1. The Kier molecular flexibility index (Phi) is 3.39. The third-order valence-electron chi connectivity index (χ3n) is 4.18. The Balaban J connectivity index is 1.77. The second-order valence-electron chi connectivity index (χ2n) is 5.79. The minimum absolute atomic E-state index is 0.292. The predicted octanol–water partition coefficient (Wildman–Crippen LogP) is 5.12. The number of H-pyrrole nitrogens is 1. The molecule has 0 atom stereocenters. The van der Waals surface area contributed by atoms with Crippen LogP contribution in [0.5, 0.6) is 0 Å². The zero-order valence-electron chi connectivity index (χ0n) is 13.4. The van der Waals surface area contributed by atoms with Gasteiger partial charge in [-0.3, -0.25) is 5.10 Å². The van der Waals surface area contributed by atoms with E-state index in [1.807, 2.05) is 35.7 Å². The van der Waals surface area contributed by atoms with E-state index in [0.29, 0.717) is 17.3 Å². The Morgan fingerprint density at radius 2 is 1.96 bits per heavy atom. The van der Waals surface area contributed by atoms with Crippen LogP contribution in [-0.4, -0.2) is 20.2 Å². The molecule has 3 aromatic heterocycles. The van der Waals surface area contributed by atoms with E-state index in [0.717, 1.165) is 26.6 Å². The zero-order valence-corrected chi connectivity index (χ0v) is 14.2. The summed E-state index contributed by atoms with van der Waals surface area (Å²) < 4.78 is 14.7. The molecule has 26 heavy (non-hydrogen) atoms. The fourth-order valence-electron chi connectivity index (χ4n) is 3.05. The van der Waals surface area contributed by atoms with Crippen molar-refractivity contribution < 1.29 is 4.39 Å². The number of aromatic nitrogens is 4. The highest BCUT2D eigenvalue weighted by atomic mass is 32.1. The molecule has 0 amide bonds. The monoisotopic (exact) mass is 361 g/mol. The first-order valence-electron chi connectivity index (χ1n) is 7.98. The molecule has 0 bridgehead atoms. The minimum Gasteiger partial charge on any atom is -0.340 e. The van der Waals surface area contributed by atoms with E-state index in [9.17, 15) is 4.39 Å². The number of benzene rings is 2. The Labute approximate surface area is 151 Å². The predicted molar refractivity (Wildman–Crippen MR) is 102 cm³/mol. The van der Waals surface area contributed by atoms with Crippen molar-refractivity contribution in [2.45, 2.75) is 0 Å². The van der Waals surface area contributed by atoms with Crippen molar-refractivity contribution in [3.63, 3.8) is 0 Å². The topological polar surface area (TPSA) is 66.5 Å². The lowest BCUT2D eigenvalue weighted by Crippen LogP contribution is -1.96. The van der Waals surface area contributed by atoms with Gasteiger partial charge in [0.15, 0.2) is 5.82 Å². The second-order valence-corrected chi connectivity index (χ2v) is 6.71. The second kappa shape index (κ2) is 5.89. The van der Waals surface area contributed by atoms with Crippen LogP contribution >= 0.6 is 11.3 Å². The highest BCUT2D eigenvalue weighted by Gasteiger charge is 2.14. The Morgan fingerprint density at radius 1 is 1.04 bits per heavy atom. The van der Waals surface area contributed by atoms with Gasteiger partial charge in [-0.25, -0.2) is 14.4 Å². The van der Waals surface area contributed by atoms with Gasteiger partial charge in [-0.1, -0.05) is 18.2 Å². The van der Waals surface area contributed by atoms with Gasteiger partial charge in [-0.05, 0) is 35.7 Å². The summed E-state index contributed by atoms with van der Waals surface area (Å²) in [5.74, 6) is 1.06. The smallest absolute Gasteiger partial charge is 0.157 e. The molecule has 5 nitrogen and oxygen atoms in total. The average Bonchev–Trinajstić information content (AvgIpc) is 3.34. The number of fused-ring (bicyclic) bond motifs is 3. The number of hydrogen-bond acceptors (Lipinski definition) is 5. The van der Waals surface area contributed by atoms with E-state index < -0.39 is 0 Å². The maximum atomic E-state index is 13.5. The van der Waals surface area contributed by atoms with Gasteiger partial charge in [-0.15, -0.1) is 11.3 Å². The van der Waals surface area contributed by atoms with Crippen molar-refractivity contribution in [3.05, 3.63) is 66.1 Å². The maximum Gasteiger partial charge on any atom is 0.157 e. The number of anilines is 2. The van der Waals surface area contributed by atoms with Crippen LogP contribution in [0.3, 0.4) is 0 Å². The molecular formula is C19H12FN5S. The highest BCUT2D eigenvalue weighted by molar-refractivity contribution is 7.18. The number of halogens is 1. The van der Waals surface area contributed by atoms with Crippen LogP contribution in [0.2, 0.25) is 0 Å². The fraction of sp³-hybridized carbons (Fsp3) is 0. The summed E-state index contributed by atoms with van der Waals surface area (Å²) in [4.78, 5) is 9.10. The molecular weight excluding hydrogens is 349 g/mol. The maximum absolute atomic E-state index is 13.5. The molecule has 0 radical (unpaired) electrons. The van der Waals surface area contributed by atoms with Gasteiger partial charge in [0.2, 0.25) is 0 Å². The number of thiophene rings is 1. The van der Waals surface area contributed by atoms with Gasteiger partial charge < -0.3 is 5.32 Å². The molecule has 0 saturated carbocycles. The molecule has 126 valence electrons. The quantitative estimate of drug-likeness (QED) is 0.468. The first kappa shape index (κ1) is 15.0. The van der Waals surface area contributed by atoms with Crippen molar-refractivity contribution in [1.82, 2.24) is 20.2 Å². The Hall–Kier alpha value is -3.32. The number of pyridine rings is 1. The molecule has 2 aromatic carbocycles. The lowest BCUT2D eigenvalue weighted by atomic mass is 10.1. The molecule has 2 N–H and O–H groups in total. The molecule has 0 unspecified atom stereocenters. The van der Waals surface area contributed by atoms with E-state index in [4.69, 9.17) is 4.98 Å². The summed E-state index contributed by atoms with van der Waals surface area (Å²) in [6.45, 7) is 0. The standard InChI is InChI=1S/C19H12FN5S/c20-11-3-1-4-12(9-11)23-19-15-7-8-26-17(15)13-5-2-6-14(16(13)24-19)18-21-10-22-25-18/h1-10H,(H,23,24)(H,21,22,25). The van der Waals surface area contributed by atoms with Crippen LogP contribution in [0.25, 0.3) is 32.4 Å². The number of nitrogens with zero attached hydrogens (tertiary/aromatic N) is 3. The van der Waals surface area contributed by atoms with E-state index in [2.05, 4.69) is 20.5 Å². The number of hydrogen-bond donors (Lipinski definition) is 2. The molecule has 3 heterocycles. The summed E-state index contributed by atoms with van der Waals surface area (Å²) >= 11 is 1.65. The highest BCUT2D eigenvalue weighted by Crippen LogP contribution is 2.37. The molecule has 0 aliphatic heterocycles. The van der Waals surface area contributed by atoms with Crippen LogP contribution in [0.15, 0.2) is 60.2 Å². The van der Waals surface area contributed by atoms with Crippen molar-refractivity contribution in [2.24, 2.45) is 0 Å². The van der Waals surface area contributed by atoms with Gasteiger partial charge in [0.25, 0.3) is 0 Å². The van der Waals surface area contributed by atoms with Crippen molar-refractivity contribution in [3.8, 4) is 11.4 Å².